The third-order valence-corrected chi connectivity index (χ3v) is 7.09. The molecule has 5 nitrogen and oxygen atoms in total. The number of piperidine rings is 1. The molecule has 1 saturated heterocycles. The fourth-order valence-electron chi connectivity index (χ4n) is 5.09. The molecule has 3 aromatic rings. The van der Waals surface area contributed by atoms with E-state index in [1.165, 1.54) is 24.3 Å². The first-order valence-electron chi connectivity index (χ1n) is 12.4. The molecule has 0 amide bonds. The summed E-state index contributed by atoms with van der Waals surface area (Å²) in [6, 6.07) is 10.9. The van der Waals surface area contributed by atoms with Gasteiger partial charge in [0.15, 0.2) is 11.6 Å². The highest BCUT2D eigenvalue weighted by Crippen LogP contribution is 2.39. The van der Waals surface area contributed by atoms with Gasteiger partial charge in [0.1, 0.15) is 29.8 Å². The van der Waals surface area contributed by atoms with Crippen molar-refractivity contribution in [2.45, 2.75) is 38.6 Å². The number of hydrogen-bond acceptors (Lipinski definition) is 5. The minimum Gasteiger partial charge on any atom is -0.486 e. The van der Waals surface area contributed by atoms with Crippen LogP contribution >= 0.6 is 0 Å². The van der Waals surface area contributed by atoms with Crippen molar-refractivity contribution in [3.8, 4) is 17.0 Å². The molecule has 2 aliphatic heterocycles. The lowest BCUT2D eigenvalue weighted by Gasteiger charge is -2.34. The van der Waals surface area contributed by atoms with E-state index < -0.39 is 11.6 Å². The lowest BCUT2D eigenvalue weighted by Crippen LogP contribution is -2.38. The molecule has 1 aromatic heterocycles. The number of nitrogens with one attached hydrogen (secondary N) is 1. The number of halogens is 3. The number of benzene rings is 2. The Bertz CT molecular complexity index is 1260. The summed E-state index contributed by atoms with van der Waals surface area (Å²) in [6.07, 6.45) is 1.86. The number of rotatable bonds is 5. The van der Waals surface area contributed by atoms with Crippen molar-refractivity contribution in [3.63, 3.8) is 0 Å². The van der Waals surface area contributed by atoms with E-state index in [9.17, 15) is 13.2 Å². The molecule has 0 radical (unpaired) electrons. The third kappa shape index (κ3) is 4.87. The van der Waals surface area contributed by atoms with Gasteiger partial charge in [0.05, 0.1) is 12.2 Å². The van der Waals surface area contributed by atoms with Crippen molar-refractivity contribution < 1.29 is 17.9 Å². The number of fused-ring (bicyclic) bond motifs is 1. The van der Waals surface area contributed by atoms with Crippen molar-refractivity contribution in [3.05, 3.63) is 65.5 Å². The molecule has 0 aliphatic carbocycles. The van der Waals surface area contributed by atoms with Crippen molar-refractivity contribution in [2.75, 3.05) is 43.5 Å². The van der Waals surface area contributed by atoms with Crippen LogP contribution in [0.4, 0.5) is 30.4 Å². The summed E-state index contributed by atoms with van der Waals surface area (Å²) < 4.78 is 50.3. The largest absolute Gasteiger partial charge is 0.486 e. The monoisotopic (exact) mass is 496 g/mol. The number of nitrogens with zero attached hydrogens (tertiary/aromatic N) is 3. The van der Waals surface area contributed by atoms with E-state index in [-0.39, 0.29) is 29.2 Å². The molecule has 1 N–H and O–H groups in total. The molecule has 0 unspecified atom stereocenters. The Morgan fingerprint density at radius 2 is 1.72 bits per heavy atom. The minimum absolute atomic E-state index is 0.0133. The predicted molar refractivity (Wildman–Crippen MR) is 137 cm³/mol. The number of ether oxygens (including phenoxy) is 1. The maximum absolute atomic E-state index is 15.0. The Kier molecular flexibility index (Phi) is 6.79. The van der Waals surface area contributed by atoms with Crippen molar-refractivity contribution in [2.24, 2.45) is 0 Å². The van der Waals surface area contributed by atoms with E-state index >= 15 is 0 Å². The van der Waals surface area contributed by atoms with Crippen molar-refractivity contribution >= 4 is 17.2 Å². The van der Waals surface area contributed by atoms with Gasteiger partial charge >= 0.3 is 0 Å². The maximum Gasteiger partial charge on any atom is 0.178 e. The molecular weight excluding hydrogens is 465 g/mol. The molecule has 1 fully saturated rings. The molecule has 8 heteroatoms. The van der Waals surface area contributed by atoms with Crippen LogP contribution in [0.3, 0.4) is 0 Å². The maximum atomic E-state index is 15.0. The van der Waals surface area contributed by atoms with Crippen LogP contribution in [0.2, 0.25) is 0 Å². The fraction of sp³-hybridized carbons (Fsp3) is 0.393. The average Bonchev–Trinajstić information content (AvgIpc) is 2.85. The number of aromatic nitrogens is 1. The molecule has 2 aliphatic rings. The average molecular weight is 497 g/mol. The van der Waals surface area contributed by atoms with Gasteiger partial charge in [-0.05, 0) is 94.7 Å². The standard InChI is InChI=1S/C28H31F3N4O/c1-17(2)35-12-13-36-28-24(31)14-19(15-25(28)35)27-22(29)6-7-26(33-27)32-20-4-5-21(23(30)16-20)18-8-10-34(3)11-9-18/h4-7,14-18H,8-13H2,1-3H3,(H,32,33). The van der Waals surface area contributed by atoms with Gasteiger partial charge in [-0.2, -0.15) is 0 Å². The topological polar surface area (TPSA) is 40.6 Å². The molecule has 2 aromatic carbocycles. The number of anilines is 3. The molecule has 3 heterocycles. The molecular formula is C28H31F3N4O. The quantitative estimate of drug-likeness (QED) is 0.447. The summed E-state index contributed by atoms with van der Waals surface area (Å²) in [5, 5.41) is 3.07. The zero-order chi connectivity index (χ0) is 25.4. The Balaban J connectivity index is 1.41. The normalized spacial score (nSPS) is 16.7. The summed E-state index contributed by atoms with van der Waals surface area (Å²) in [5.74, 6) is -0.668. The van der Waals surface area contributed by atoms with E-state index in [2.05, 4.69) is 22.2 Å². The summed E-state index contributed by atoms with van der Waals surface area (Å²) in [6.45, 7) is 6.94. The Morgan fingerprint density at radius 3 is 2.44 bits per heavy atom. The lowest BCUT2D eigenvalue weighted by atomic mass is 9.89. The van der Waals surface area contributed by atoms with Gasteiger partial charge in [0.25, 0.3) is 0 Å². The Hall–Kier alpha value is -3.26. The van der Waals surface area contributed by atoms with Crippen LogP contribution in [-0.4, -0.2) is 49.2 Å². The van der Waals surface area contributed by atoms with E-state index in [4.69, 9.17) is 4.74 Å². The highest BCUT2D eigenvalue weighted by Gasteiger charge is 2.26. The lowest BCUT2D eigenvalue weighted by molar-refractivity contribution is 0.253. The predicted octanol–water partition coefficient (Wildman–Crippen LogP) is 6.33. The van der Waals surface area contributed by atoms with E-state index in [0.717, 1.165) is 31.5 Å². The minimum atomic E-state index is -0.573. The van der Waals surface area contributed by atoms with Gasteiger partial charge in [-0.3, -0.25) is 0 Å². The summed E-state index contributed by atoms with van der Waals surface area (Å²) in [7, 11) is 2.08. The van der Waals surface area contributed by atoms with Crippen LogP contribution in [0.15, 0.2) is 42.5 Å². The van der Waals surface area contributed by atoms with Gasteiger partial charge in [0, 0.05) is 17.3 Å². The van der Waals surface area contributed by atoms with E-state index in [0.29, 0.717) is 35.9 Å². The summed E-state index contributed by atoms with van der Waals surface area (Å²) in [5.41, 5.74) is 2.15. The first kappa shape index (κ1) is 24.4. The summed E-state index contributed by atoms with van der Waals surface area (Å²) >= 11 is 0. The highest BCUT2D eigenvalue weighted by atomic mass is 19.1. The molecule has 0 spiro atoms. The van der Waals surface area contributed by atoms with Gasteiger partial charge in [-0.25, -0.2) is 18.2 Å². The second-order valence-corrected chi connectivity index (χ2v) is 9.91. The van der Waals surface area contributed by atoms with Crippen molar-refractivity contribution in [1.29, 1.82) is 0 Å². The summed E-state index contributed by atoms with van der Waals surface area (Å²) in [4.78, 5) is 8.69. The number of likely N-dealkylation sites (tertiary alicyclic amines) is 1. The van der Waals surface area contributed by atoms with Crippen molar-refractivity contribution in [1.82, 2.24) is 9.88 Å². The smallest absolute Gasteiger partial charge is 0.178 e. The van der Waals surface area contributed by atoms with Crippen LogP contribution in [0.1, 0.15) is 38.2 Å². The van der Waals surface area contributed by atoms with E-state index in [1.54, 1.807) is 6.07 Å². The van der Waals surface area contributed by atoms with Crippen LogP contribution < -0.4 is 15.0 Å². The second-order valence-electron chi connectivity index (χ2n) is 9.91. The first-order valence-corrected chi connectivity index (χ1v) is 12.4. The Morgan fingerprint density at radius 1 is 0.944 bits per heavy atom. The molecule has 36 heavy (non-hydrogen) atoms. The van der Waals surface area contributed by atoms with Gasteiger partial charge in [0.2, 0.25) is 0 Å². The van der Waals surface area contributed by atoms with Gasteiger partial charge in [-0.1, -0.05) is 6.07 Å². The molecule has 0 saturated carbocycles. The van der Waals surface area contributed by atoms with Crippen LogP contribution in [0, 0.1) is 17.5 Å². The fourth-order valence-corrected chi connectivity index (χ4v) is 5.09. The van der Waals surface area contributed by atoms with Crippen LogP contribution in [0.5, 0.6) is 5.75 Å². The molecule has 5 rings (SSSR count). The molecule has 190 valence electrons. The zero-order valence-electron chi connectivity index (χ0n) is 20.8. The molecule has 0 atom stereocenters. The first-order chi connectivity index (χ1) is 17.3. The zero-order valence-corrected chi connectivity index (χ0v) is 20.8. The van der Waals surface area contributed by atoms with Gasteiger partial charge in [-0.15, -0.1) is 0 Å². The SMILES string of the molecule is CC(C)N1CCOc2c(F)cc(-c3nc(Nc4ccc(C5CCN(C)CC5)c(F)c4)ccc3F)cc21. The van der Waals surface area contributed by atoms with E-state index in [1.807, 2.05) is 30.9 Å². The molecule has 0 bridgehead atoms. The number of pyridine rings is 1. The number of hydrogen-bond donors (Lipinski definition) is 1. The third-order valence-electron chi connectivity index (χ3n) is 7.09. The van der Waals surface area contributed by atoms with Crippen LogP contribution in [0.25, 0.3) is 11.3 Å². The van der Waals surface area contributed by atoms with Gasteiger partial charge < -0.3 is 19.9 Å². The Labute approximate surface area is 209 Å². The van der Waals surface area contributed by atoms with Crippen LogP contribution in [-0.2, 0) is 0 Å². The highest BCUT2D eigenvalue weighted by molar-refractivity contribution is 5.73. The second kappa shape index (κ2) is 10.0.